The Kier molecular flexibility index (Phi) is 4.10. The fraction of sp³-hybridized carbons (Fsp3) is 0.111. The van der Waals surface area contributed by atoms with E-state index in [0.29, 0.717) is 11.5 Å². The van der Waals surface area contributed by atoms with Crippen LogP contribution in [0.1, 0.15) is 21.9 Å². The van der Waals surface area contributed by atoms with Gasteiger partial charge in [-0.15, -0.1) is 0 Å². The van der Waals surface area contributed by atoms with Gasteiger partial charge in [-0.2, -0.15) is 5.10 Å². The highest BCUT2D eigenvalue weighted by Gasteiger charge is 2.09. The van der Waals surface area contributed by atoms with Gasteiger partial charge in [0.15, 0.2) is 5.76 Å². The molecule has 1 amide bonds. The summed E-state index contributed by atoms with van der Waals surface area (Å²) in [7, 11) is 1.60. The van der Waals surface area contributed by atoms with Crippen LogP contribution in [0.5, 0.6) is 5.75 Å². The molecule has 1 N–H and O–H groups in total. The molecule has 1 heterocycles. The summed E-state index contributed by atoms with van der Waals surface area (Å²) in [5, 5.41) is 6.09. The first-order valence-corrected chi connectivity index (χ1v) is 7.14. The zero-order valence-corrected chi connectivity index (χ0v) is 12.9. The van der Waals surface area contributed by atoms with Crippen LogP contribution in [0.15, 0.2) is 58.0 Å². The number of ether oxygens (including phenoxy) is 1. The molecule has 0 atom stereocenters. The number of hydrogen-bond acceptors (Lipinski definition) is 4. The van der Waals surface area contributed by atoms with E-state index in [1.165, 1.54) is 0 Å². The molecule has 0 radical (unpaired) electrons. The molecule has 0 saturated heterocycles. The van der Waals surface area contributed by atoms with Crippen molar-refractivity contribution in [3.8, 4) is 5.75 Å². The van der Waals surface area contributed by atoms with Crippen LogP contribution in [0.25, 0.3) is 10.8 Å². The highest BCUT2D eigenvalue weighted by atomic mass is 16.5. The SMILES string of the molecule is COc1ccc2ccccc2c1/C=N/NC(=O)c1ccc(C)o1. The fourth-order valence-electron chi connectivity index (χ4n) is 2.35. The summed E-state index contributed by atoms with van der Waals surface area (Å²) in [5.74, 6) is 1.20. The van der Waals surface area contributed by atoms with Crippen molar-refractivity contribution >= 4 is 22.9 Å². The topological polar surface area (TPSA) is 63.8 Å². The molecule has 0 saturated carbocycles. The van der Waals surface area contributed by atoms with Gasteiger partial charge in [0, 0.05) is 5.56 Å². The molecule has 1 aromatic heterocycles. The smallest absolute Gasteiger partial charge is 0.307 e. The second-order valence-corrected chi connectivity index (χ2v) is 5.01. The number of amides is 1. The van der Waals surface area contributed by atoms with E-state index in [9.17, 15) is 4.79 Å². The van der Waals surface area contributed by atoms with Crippen LogP contribution in [0.2, 0.25) is 0 Å². The summed E-state index contributed by atoms with van der Waals surface area (Å²) in [6, 6.07) is 15.1. The molecule has 0 spiro atoms. The van der Waals surface area contributed by atoms with Crippen LogP contribution in [-0.2, 0) is 0 Å². The number of nitrogens with zero attached hydrogens (tertiary/aromatic N) is 1. The standard InChI is InChI=1S/C18H16N2O3/c1-12-7-9-17(23-12)18(21)20-19-11-15-14-6-4-3-5-13(14)8-10-16(15)22-2/h3-11H,1-2H3,(H,20,21)/b19-11+. The molecule has 116 valence electrons. The zero-order chi connectivity index (χ0) is 16.2. The highest BCUT2D eigenvalue weighted by Crippen LogP contribution is 2.26. The van der Waals surface area contributed by atoms with E-state index in [4.69, 9.17) is 9.15 Å². The Morgan fingerprint density at radius 1 is 1.17 bits per heavy atom. The first-order chi connectivity index (χ1) is 11.2. The average Bonchev–Trinajstić information content (AvgIpc) is 3.01. The van der Waals surface area contributed by atoms with Crippen LogP contribution in [0, 0.1) is 6.92 Å². The number of benzene rings is 2. The monoisotopic (exact) mass is 308 g/mol. The molecule has 5 heteroatoms. The Hall–Kier alpha value is -3.08. The van der Waals surface area contributed by atoms with Gasteiger partial charge >= 0.3 is 5.91 Å². The van der Waals surface area contributed by atoms with Crippen molar-refractivity contribution in [1.29, 1.82) is 0 Å². The number of hydrazone groups is 1. The Labute approximate surface area is 133 Å². The third-order valence-corrected chi connectivity index (χ3v) is 3.47. The minimum atomic E-state index is -0.395. The van der Waals surface area contributed by atoms with Crippen molar-refractivity contribution in [3.63, 3.8) is 0 Å². The van der Waals surface area contributed by atoms with Crippen molar-refractivity contribution in [2.24, 2.45) is 5.10 Å². The number of fused-ring (bicyclic) bond motifs is 1. The molecule has 5 nitrogen and oxygen atoms in total. The lowest BCUT2D eigenvalue weighted by molar-refractivity contribution is 0.0926. The molecule has 0 unspecified atom stereocenters. The fourth-order valence-corrected chi connectivity index (χ4v) is 2.35. The maximum absolute atomic E-state index is 11.9. The molecular formula is C18H16N2O3. The van der Waals surface area contributed by atoms with Crippen LogP contribution >= 0.6 is 0 Å². The van der Waals surface area contributed by atoms with E-state index in [1.807, 2.05) is 36.4 Å². The lowest BCUT2D eigenvalue weighted by Crippen LogP contribution is -2.16. The van der Waals surface area contributed by atoms with Gasteiger partial charge in [-0.3, -0.25) is 4.79 Å². The molecule has 0 fully saturated rings. The number of carbonyl (C=O) groups excluding carboxylic acids is 1. The van der Waals surface area contributed by atoms with Gasteiger partial charge in [0.05, 0.1) is 13.3 Å². The summed E-state index contributed by atoms with van der Waals surface area (Å²) in [5.41, 5.74) is 3.26. The normalized spacial score (nSPS) is 11.0. The van der Waals surface area contributed by atoms with Gasteiger partial charge < -0.3 is 9.15 Å². The average molecular weight is 308 g/mol. The third-order valence-electron chi connectivity index (χ3n) is 3.47. The Balaban J connectivity index is 1.87. The zero-order valence-electron chi connectivity index (χ0n) is 12.9. The number of aryl methyl sites for hydroxylation is 1. The van der Waals surface area contributed by atoms with Gasteiger partial charge in [0.25, 0.3) is 0 Å². The molecule has 0 bridgehead atoms. The predicted molar refractivity (Wildman–Crippen MR) is 89.0 cm³/mol. The number of hydrogen-bond donors (Lipinski definition) is 1. The summed E-state index contributed by atoms with van der Waals surface area (Å²) in [6.45, 7) is 1.78. The minimum Gasteiger partial charge on any atom is -0.496 e. The van der Waals surface area contributed by atoms with Gasteiger partial charge in [0.1, 0.15) is 11.5 Å². The van der Waals surface area contributed by atoms with E-state index in [-0.39, 0.29) is 5.76 Å². The number of methoxy groups -OCH3 is 1. The van der Waals surface area contributed by atoms with Gasteiger partial charge in [-0.05, 0) is 35.9 Å². The molecule has 3 aromatic rings. The first kappa shape index (κ1) is 14.8. The summed E-state index contributed by atoms with van der Waals surface area (Å²) < 4.78 is 10.6. The van der Waals surface area contributed by atoms with Crippen molar-refractivity contribution in [3.05, 3.63) is 65.6 Å². The maximum Gasteiger partial charge on any atom is 0.307 e. The number of carbonyl (C=O) groups is 1. The molecule has 0 aliphatic heterocycles. The first-order valence-electron chi connectivity index (χ1n) is 7.14. The molecular weight excluding hydrogens is 292 g/mol. The molecule has 3 rings (SSSR count). The van der Waals surface area contributed by atoms with Gasteiger partial charge in [0.2, 0.25) is 0 Å². The van der Waals surface area contributed by atoms with Crippen molar-refractivity contribution in [1.82, 2.24) is 5.43 Å². The van der Waals surface area contributed by atoms with Crippen LogP contribution in [-0.4, -0.2) is 19.2 Å². The maximum atomic E-state index is 11.9. The van der Waals surface area contributed by atoms with Crippen LogP contribution < -0.4 is 10.2 Å². The Morgan fingerprint density at radius 2 is 2.00 bits per heavy atom. The molecule has 23 heavy (non-hydrogen) atoms. The van der Waals surface area contributed by atoms with E-state index in [0.717, 1.165) is 16.3 Å². The van der Waals surface area contributed by atoms with E-state index in [1.54, 1.807) is 32.4 Å². The van der Waals surface area contributed by atoms with Crippen molar-refractivity contribution < 1.29 is 13.9 Å². The van der Waals surface area contributed by atoms with E-state index >= 15 is 0 Å². The van der Waals surface area contributed by atoms with Crippen molar-refractivity contribution in [2.45, 2.75) is 6.92 Å². The third kappa shape index (κ3) is 3.08. The van der Waals surface area contributed by atoms with Gasteiger partial charge in [-0.1, -0.05) is 30.3 Å². The molecule has 0 aliphatic carbocycles. The predicted octanol–water partition coefficient (Wildman–Crippen LogP) is 3.51. The van der Waals surface area contributed by atoms with Crippen LogP contribution in [0.3, 0.4) is 0 Å². The number of furan rings is 1. The largest absolute Gasteiger partial charge is 0.496 e. The number of nitrogens with one attached hydrogen (secondary N) is 1. The van der Waals surface area contributed by atoms with Gasteiger partial charge in [-0.25, -0.2) is 5.43 Å². The minimum absolute atomic E-state index is 0.226. The second kappa shape index (κ2) is 6.36. The lowest BCUT2D eigenvalue weighted by Gasteiger charge is -2.08. The quantitative estimate of drug-likeness (QED) is 0.592. The summed E-state index contributed by atoms with van der Waals surface area (Å²) in [6.07, 6.45) is 1.58. The lowest BCUT2D eigenvalue weighted by atomic mass is 10.0. The van der Waals surface area contributed by atoms with Crippen molar-refractivity contribution in [2.75, 3.05) is 7.11 Å². The van der Waals surface area contributed by atoms with E-state index in [2.05, 4.69) is 10.5 Å². The molecule has 2 aromatic carbocycles. The Morgan fingerprint density at radius 3 is 2.74 bits per heavy atom. The van der Waals surface area contributed by atoms with E-state index < -0.39 is 5.91 Å². The number of rotatable bonds is 4. The summed E-state index contributed by atoms with van der Waals surface area (Å²) in [4.78, 5) is 11.9. The highest BCUT2D eigenvalue weighted by molar-refractivity contribution is 6.03. The summed E-state index contributed by atoms with van der Waals surface area (Å²) >= 11 is 0. The Bertz CT molecular complexity index is 881. The van der Waals surface area contributed by atoms with Crippen LogP contribution in [0.4, 0.5) is 0 Å². The molecule has 0 aliphatic rings. The second-order valence-electron chi connectivity index (χ2n) is 5.01.